The standard InChI is InChI=1S/C9H4Br3ClN4O2S/c10-4-1-5(8(13)14-2-4)20(18,19)17-9-7(12)16-6(11)3-15-9/h1-3H,(H,15,17). The van der Waals surface area contributed by atoms with Crippen molar-refractivity contribution in [3.63, 3.8) is 0 Å². The van der Waals surface area contributed by atoms with Crippen molar-refractivity contribution in [3.8, 4) is 0 Å². The van der Waals surface area contributed by atoms with Gasteiger partial charge in [-0.25, -0.2) is 23.4 Å². The largest absolute Gasteiger partial charge is 0.266 e. The van der Waals surface area contributed by atoms with E-state index in [0.717, 1.165) is 0 Å². The first-order valence-electron chi connectivity index (χ1n) is 4.81. The van der Waals surface area contributed by atoms with E-state index in [1.807, 2.05) is 0 Å². The van der Waals surface area contributed by atoms with E-state index in [4.69, 9.17) is 11.6 Å². The second-order valence-electron chi connectivity index (χ2n) is 3.38. The van der Waals surface area contributed by atoms with Crippen LogP contribution in [0, 0.1) is 0 Å². The lowest BCUT2D eigenvalue weighted by molar-refractivity contribution is 0.600. The Bertz CT molecular complexity index is 772. The first kappa shape index (κ1) is 16.1. The monoisotopic (exact) mass is 504 g/mol. The lowest BCUT2D eigenvalue weighted by Crippen LogP contribution is -2.15. The molecule has 0 aliphatic carbocycles. The fourth-order valence-electron chi connectivity index (χ4n) is 1.19. The van der Waals surface area contributed by atoms with Gasteiger partial charge < -0.3 is 0 Å². The van der Waals surface area contributed by atoms with Crippen molar-refractivity contribution in [3.05, 3.63) is 37.3 Å². The van der Waals surface area contributed by atoms with Gasteiger partial charge >= 0.3 is 0 Å². The highest BCUT2D eigenvalue weighted by molar-refractivity contribution is 9.11. The molecule has 6 nitrogen and oxygen atoms in total. The number of sulfonamides is 1. The molecule has 2 rings (SSSR count). The molecule has 0 fully saturated rings. The Balaban J connectivity index is 2.43. The van der Waals surface area contributed by atoms with Gasteiger partial charge in [0.15, 0.2) is 10.4 Å². The van der Waals surface area contributed by atoms with Gasteiger partial charge in [-0.3, -0.25) is 4.72 Å². The Kier molecular flexibility index (Phi) is 5.00. The number of aromatic nitrogens is 3. The summed E-state index contributed by atoms with van der Waals surface area (Å²) in [6.45, 7) is 0. The van der Waals surface area contributed by atoms with E-state index in [-0.39, 0.29) is 20.5 Å². The van der Waals surface area contributed by atoms with Crippen LogP contribution >= 0.6 is 59.4 Å². The summed E-state index contributed by atoms with van der Waals surface area (Å²) in [4.78, 5) is 11.5. The van der Waals surface area contributed by atoms with E-state index >= 15 is 0 Å². The third-order valence-corrected chi connectivity index (χ3v) is 5.13. The smallest absolute Gasteiger partial charge is 0.261 e. The summed E-state index contributed by atoms with van der Waals surface area (Å²) < 4.78 is 28.0. The van der Waals surface area contributed by atoms with Gasteiger partial charge in [-0.15, -0.1) is 0 Å². The Labute approximate surface area is 144 Å². The average Bonchev–Trinajstić information content (AvgIpc) is 2.35. The molecular weight excluding hydrogens is 503 g/mol. The predicted molar refractivity (Wildman–Crippen MR) is 85.2 cm³/mol. The molecular formula is C9H4Br3ClN4O2S. The van der Waals surface area contributed by atoms with Crippen molar-refractivity contribution < 1.29 is 8.42 Å². The van der Waals surface area contributed by atoms with Crippen LogP contribution in [0.5, 0.6) is 0 Å². The second kappa shape index (κ2) is 6.22. The topological polar surface area (TPSA) is 84.8 Å². The Morgan fingerprint density at radius 2 is 1.85 bits per heavy atom. The van der Waals surface area contributed by atoms with E-state index in [1.54, 1.807) is 0 Å². The first-order valence-corrected chi connectivity index (χ1v) is 9.05. The Morgan fingerprint density at radius 3 is 2.50 bits per heavy atom. The maximum atomic E-state index is 12.3. The van der Waals surface area contributed by atoms with Crippen LogP contribution < -0.4 is 4.72 Å². The highest BCUT2D eigenvalue weighted by Crippen LogP contribution is 2.27. The van der Waals surface area contributed by atoms with Crippen molar-refractivity contribution in [1.82, 2.24) is 15.0 Å². The molecule has 0 aromatic carbocycles. The number of hydrogen-bond donors (Lipinski definition) is 1. The zero-order chi connectivity index (χ0) is 14.9. The number of rotatable bonds is 3. The van der Waals surface area contributed by atoms with Gasteiger partial charge in [-0.05, 0) is 53.9 Å². The quantitative estimate of drug-likeness (QED) is 0.642. The fraction of sp³-hybridized carbons (Fsp3) is 0. The van der Waals surface area contributed by atoms with Crippen molar-refractivity contribution in [1.29, 1.82) is 0 Å². The van der Waals surface area contributed by atoms with E-state index in [1.165, 1.54) is 18.5 Å². The van der Waals surface area contributed by atoms with Gasteiger partial charge in [-0.2, -0.15) is 0 Å². The lowest BCUT2D eigenvalue weighted by Gasteiger charge is -2.09. The minimum atomic E-state index is -3.92. The molecule has 0 saturated carbocycles. The first-order chi connectivity index (χ1) is 9.29. The zero-order valence-corrected chi connectivity index (χ0v) is 15.6. The SMILES string of the molecule is O=S(=O)(Nc1ncc(Br)nc1Br)c1cc(Br)cnc1Cl. The molecule has 0 saturated heterocycles. The van der Waals surface area contributed by atoms with Crippen molar-refractivity contribution in [2.75, 3.05) is 4.72 Å². The maximum absolute atomic E-state index is 12.3. The normalized spacial score (nSPS) is 11.4. The van der Waals surface area contributed by atoms with Crippen LogP contribution in [0.1, 0.15) is 0 Å². The van der Waals surface area contributed by atoms with E-state index < -0.39 is 10.0 Å². The molecule has 2 aromatic rings. The number of anilines is 1. The molecule has 1 N–H and O–H groups in total. The Hall–Kier alpha value is -0.290. The average molecular weight is 507 g/mol. The van der Waals surface area contributed by atoms with E-state index in [2.05, 4.69) is 67.5 Å². The number of halogens is 4. The van der Waals surface area contributed by atoms with E-state index in [0.29, 0.717) is 9.08 Å². The molecule has 11 heteroatoms. The molecule has 0 unspecified atom stereocenters. The van der Waals surface area contributed by atoms with E-state index in [9.17, 15) is 8.42 Å². The van der Waals surface area contributed by atoms with Crippen LogP contribution in [-0.4, -0.2) is 23.4 Å². The molecule has 0 radical (unpaired) electrons. The van der Waals surface area contributed by atoms with Crippen LogP contribution in [0.15, 0.2) is 37.0 Å². The highest BCUT2D eigenvalue weighted by atomic mass is 79.9. The van der Waals surface area contributed by atoms with Gasteiger partial charge in [-0.1, -0.05) is 11.6 Å². The third kappa shape index (κ3) is 3.67. The molecule has 0 aliphatic rings. The fourth-order valence-corrected chi connectivity index (χ4v) is 4.19. The number of nitrogens with zero attached hydrogens (tertiary/aromatic N) is 3. The molecule has 20 heavy (non-hydrogen) atoms. The van der Waals surface area contributed by atoms with Gasteiger partial charge in [0.05, 0.1) is 6.20 Å². The van der Waals surface area contributed by atoms with Crippen LogP contribution in [0.2, 0.25) is 5.15 Å². The summed E-state index contributed by atoms with van der Waals surface area (Å²) in [6.07, 6.45) is 2.76. The second-order valence-corrected chi connectivity index (χ2v) is 7.87. The van der Waals surface area contributed by atoms with Crippen molar-refractivity contribution >= 4 is 75.2 Å². The molecule has 0 amide bonds. The molecule has 0 atom stereocenters. The van der Waals surface area contributed by atoms with Crippen LogP contribution in [-0.2, 0) is 10.0 Å². The molecule has 2 heterocycles. The lowest BCUT2D eigenvalue weighted by atomic mass is 10.5. The molecule has 0 bridgehead atoms. The highest BCUT2D eigenvalue weighted by Gasteiger charge is 2.21. The zero-order valence-electron chi connectivity index (χ0n) is 9.31. The maximum Gasteiger partial charge on any atom is 0.266 e. The predicted octanol–water partition coefficient (Wildman–Crippen LogP) is 3.61. The summed E-state index contributed by atoms with van der Waals surface area (Å²) in [6, 6.07) is 1.35. The van der Waals surface area contributed by atoms with Gasteiger partial charge in [0.2, 0.25) is 0 Å². The number of pyridine rings is 1. The van der Waals surface area contributed by atoms with Gasteiger partial charge in [0.1, 0.15) is 14.7 Å². The molecule has 0 spiro atoms. The van der Waals surface area contributed by atoms with Gasteiger partial charge in [0.25, 0.3) is 10.0 Å². The minimum absolute atomic E-state index is 0.0456. The van der Waals surface area contributed by atoms with Gasteiger partial charge in [0, 0.05) is 10.7 Å². The van der Waals surface area contributed by atoms with Crippen molar-refractivity contribution in [2.45, 2.75) is 4.90 Å². The van der Waals surface area contributed by atoms with Crippen LogP contribution in [0.25, 0.3) is 0 Å². The summed E-state index contributed by atoms with van der Waals surface area (Å²) in [5.74, 6) is 0.0456. The summed E-state index contributed by atoms with van der Waals surface area (Å²) >= 11 is 15.2. The molecule has 0 aliphatic heterocycles. The van der Waals surface area contributed by atoms with Crippen LogP contribution in [0.3, 0.4) is 0 Å². The van der Waals surface area contributed by atoms with Crippen molar-refractivity contribution in [2.24, 2.45) is 0 Å². The Morgan fingerprint density at radius 1 is 1.15 bits per heavy atom. The number of nitrogens with one attached hydrogen (secondary N) is 1. The summed E-state index contributed by atoms with van der Waals surface area (Å²) in [5, 5.41) is -0.137. The molecule has 2 aromatic heterocycles. The minimum Gasteiger partial charge on any atom is -0.261 e. The molecule has 106 valence electrons. The summed E-state index contributed by atoms with van der Waals surface area (Å²) in [7, 11) is -3.92. The number of hydrogen-bond acceptors (Lipinski definition) is 5. The third-order valence-electron chi connectivity index (χ3n) is 1.99. The summed E-state index contributed by atoms with van der Waals surface area (Å²) in [5.41, 5.74) is 0. The van der Waals surface area contributed by atoms with Crippen LogP contribution in [0.4, 0.5) is 5.82 Å².